The molecule has 0 unspecified atom stereocenters. The van der Waals surface area contributed by atoms with Crippen LogP contribution < -0.4 is 10.6 Å². The van der Waals surface area contributed by atoms with Crippen molar-refractivity contribution >= 4 is 23.4 Å². The van der Waals surface area contributed by atoms with Crippen molar-refractivity contribution in [1.82, 2.24) is 10.2 Å². The van der Waals surface area contributed by atoms with Crippen molar-refractivity contribution in [1.29, 1.82) is 0 Å². The van der Waals surface area contributed by atoms with E-state index >= 15 is 0 Å². The van der Waals surface area contributed by atoms with E-state index in [1.54, 1.807) is 4.90 Å². The van der Waals surface area contributed by atoms with Crippen LogP contribution >= 0.6 is 0 Å². The number of nitrogens with one attached hydrogen (secondary N) is 2. The van der Waals surface area contributed by atoms with E-state index < -0.39 is 11.7 Å². The number of amides is 3. The molecule has 1 heterocycles. The third-order valence-electron chi connectivity index (χ3n) is 4.77. The number of carbonyl (C=O) groups is 3. The Kier molecular flexibility index (Phi) is 6.37. The molecule has 0 aromatic heterocycles. The number of halogens is 1. The third kappa shape index (κ3) is 5.16. The quantitative estimate of drug-likeness (QED) is 0.832. The van der Waals surface area contributed by atoms with E-state index in [1.165, 1.54) is 24.3 Å². The van der Waals surface area contributed by atoms with E-state index in [2.05, 4.69) is 10.6 Å². The second-order valence-electron chi connectivity index (χ2n) is 6.70. The summed E-state index contributed by atoms with van der Waals surface area (Å²) in [4.78, 5) is 38.3. The summed E-state index contributed by atoms with van der Waals surface area (Å²) < 4.78 is 12.9. The Balaban J connectivity index is 1.42. The van der Waals surface area contributed by atoms with Gasteiger partial charge in [-0.3, -0.25) is 14.4 Å². The number of para-hydroxylation sites is 1. The lowest BCUT2D eigenvalue weighted by Gasteiger charge is -2.31. The van der Waals surface area contributed by atoms with Crippen molar-refractivity contribution in [3.8, 4) is 0 Å². The van der Waals surface area contributed by atoms with E-state index in [-0.39, 0.29) is 24.3 Å². The van der Waals surface area contributed by atoms with Gasteiger partial charge in [0, 0.05) is 30.3 Å². The summed E-state index contributed by atoms with van der Waals surface area (Å²) in [5, 5.41) is 5.44. The highest BCUT2D eigenvalue weighted by atomic mass is 19.1. The fourth-order valence-electron chi connectivity index (χ4n) is 3.13. The van der Waals surface area contributed by atoms with Crippen LogP contribution in [0.25, 0.3) is 0 Å². The largest absolute Gasteiger partial charge is 0.343 e. The number of hydrogen-bond acceptors (Lipinski definition) is 3. The summed E-state index contributed by atoms with van der Waals surface area (Å²) in [6.07, 6.45) is 1.16. The van der Waals surface area contributed by atoms with Crippen LogP contribution in [0.2, 0.25) is 0 Å². The van der Waals surface area contributed by atoms with Crippen molar-refractivity contribution < 1.29 is 18.8 Å². The Labute approximate surface area is 162 Å². The van der Waals surface area contributed by atoms with Crippen LogP contribution in [0.5, 0.6) is 0 Å². The van der Waals surface area contributed by atoms with Crippen LogP contribution in [0.15, 0.2) is 54.6 Å². The molecule has 28 heavy (non-hydrogen) atoms. The maximum atomic E-state index is 12.9. The Morgan fingerprint density at radius 2 is 1.61 bits per heavy atom. The average molecular weight is 383 g/mol. The van der Waals surface area contributed by atoms with Gasteiger partial charge >= 0.3 is 0 Å². The molecule has 0 spiro atoms. The van der Waals surface area contributed by atoms with Gasteiger partial charge in [0.15, 0.2) is 0 Å². The molecule has 0 bridgehead atoms. The fraction of sp³-hybridized carbons (Fsp3) is 0.286. The lowest BCUT2D eigenvalue weighted by Crippen LogP contribution is -2.45. The third-order valence-corrected chi connectivity index (χ3v) is 4.77. The molecular formula is C21H22FN3O3. The summed E-state index contributed by atoms with van der Waals surface area (Å²) in [6.45, 7) is 0.813. The molecule has 0 saturated carbocycles. The molecule has 0 aliphatic carbocycles. The topological polar surface area (TPSA) is 78.5 Å². The lowest BCUT2D eigenvalue weighted by atomic mass is 9.95. The zero-order valence-corrected chi connectivity index (χ0v) is 15.4. The first kappa shape index (κ1) is 19.5. The van der Waals surface area contributed by atoms with E-state index in [1.807, 2.05) is 30.3 Å². The molecule has 1 saturated heterocycles. The fourth-order valence-corrected chi connectivity index (χ4v) is 3.13. The molecule has 3 amide bonds. The second-order valence-corrected chi connectivity index (χ2v) is 6.70. The molecule has 2 N–H and O–H groups in total. The van der Waals surface area contributed by atoms with Crippen molar-refractivity contribution in [2.75, 3.05) is 25.0 Å². The number of nitrogens with zero attached hydrogens (tertiary/aromatic N) is 1. The first-order valence-electron chi connectivity index (χ1n) is 9.20. The minimum Gasteiger partial charge on any atom is -0.343 e. The summed E-state index contributed by atoms with van der Waals surface area (Å²) in [6, 6.07) is 14.4. The smallest absolute Gasteiger partial charge is 0.251 e. The van der Waals surface area contributed by atoms with Crippen LogP contribution in [0.1, 0.15) is 23.2 Å². The van der Waals surface area contributed by atoms with E-state index in [4.69, 9.17) is 0 Å². The van der Waals surface area contributed by atoms with Crippen LogP contribution in [0.3, 0.4) is 0 Å². The van der Waals surface area contributed by atoms with Gasteiger partial charge in [0.25, 0.3) is 5.91 Å². The standard InChI is InChI=1S/C21H22FN3O3/c22-17-8-6-15(7-9-17)20(27)23-14-19(26)25-12-10-16(11-13-25)21(28)24-18-4-2-1-3-5-18/h1-9,16H,10-14H2,(H,23,27)(H,24,28). The highest BCUT2D eigenvalue weighted by molar-refractivity contribution is 5.96. The van der Waals surface area contributed by atoms with Crippen LogP contribution in [0, 0.1) is 11.7 Å². The molecule has 1 aliphatic rings. The van der Waals surface area contributed by atoms with Gasteiger partial charge in [0.1, 0.15) is 5.82 Å². The molecule has 3 rings (SSSR count). The second kappa shape index (κ2) is 9.12. The first-order valence-corrected chi connectivity index (χ1v) is 9.20. The predicted octanol–water partition coefficient (Wildman–Crippen LogP) is 2.43. The Morgan fingerprint density at radius 3 is 2.25 bits per heavy atom. The summed E-state index contributed by atoms with van der Waals surface area (Å²) in [5.74, 6) is -1.23. The number of hydrogen-bond donors (Lipinski definition) is 2. The molecule has 2 aromatic rings. The monoisotopic (exact) mass is 383 g/mol. The number of anilines is 1. The van der Waals surface area contributed by atoms with E-state index in [9.17, 15) is 18.8 Å². The predicted molar refractivity (Wildman–Crippen MR) is 103 cm³/mol. The van der Waals surface area contributed by atoms with Crippen LogP contribution in [-0.2, 0) is 9.59 Å². The van der Waals surface area contributed by atoms with Gasteiger partial charge in [-0.1, -0.05) is 18.2 Å². The highest BCUT2D eigenvalue weighted by Gasteiger charge is 2.27. The maximum Gasteiger partial charge on any atom is 0.251 e. The number of likely N-dealkylation sites (tertiary alicyclic amines) is 1. The Bertz CT molecular complexity index is 832. The molecule has 7 heteroatoms. The minimum atomic E-state index is -0.425. The molecule has 2 aromatic carbocycles. The van der Waals surface area contributed by atoms with Crippen LogP contribution in [-0.4, -0.2) is 42.3 Å². The van der Waals surface area contributed by atoms with Gasteiger partial charge in [0.05, 0.1) is 6.54 Å². The molecule has 0 radical (unpaired) electrons. The highest BCUT2D eigenvalue weighted by Crippen LogP contribution is 2.19. The zero-order chi connectivity index (χ0) is 19.9. The Hall–Kier alpha value is -3.22. The summed E-state index contributed by atoms with van der Waals surface area (Å²) >= 11 is 0. The van der Waals surface area contributed by atoms with Gasteiger partial charge < -0.3 is 15.5 Å². The Morgan fingerprint density at radius 1 is 0.964 bits per heavy atom. The summed E-state index contributed by atoms with van der Waals surface area (Å²) in [7, 11) is 0. The van der Waals surface area contributed by atoms with Gasteiger partial charge in [-0.25, -0.2) is 4.39 Å². The average Bonchev–Trinajstić information content (AvgIpc) is 2.73. The van der Waals surface area contributed by atoms with E-state index in [0.29, 0.717) is 31.5 Å². The number of benzene rings is 2. The lowest BCUT2D eigenvalue weighted by molar-refractivity contribution is -0.133. The van der Waals surface area contributed by atoms with Crippen molar-refractivity contribution in [3.05, 3.63) is 66.0 Å². The maximum absolute atomic E-state index is 12.9. The van der Waals surface area contributed by atoms with Crippen molar-refractivity contribution in [3.63, 3.8) is 0 Å². The van der Waals surface area contributed by atoms with Gasteiger partial charge in [0.2, 0.25) is 11.8 Å². The van der Waals surface area contributed by atoms with Gasteiger partial charge in [-0.2, -0.15) is 0 Å². The molecule has 146 valence electrons. The normalized spacial score (nSPS) is 14.4. The first-order chi connectivity index (χ1) is 13.5. The molecule has 1 fully saturated rings. The molecule has 6 nitrogen and oxygen atoms in total. The minimum absolute atomic E-state index is 0.0390. The molecule has 0 atom stereocenters. The number of rotatable bonds is 5. The number of piperidine rings is 1. The van der Waals surface area contributed by atoms with Crippen molar-refractivity contribution in [2.45, 2.75) is 12.8 Å². The van der Waals surface area contributed by atoms with Gasteiger partial charge in [-0.15, -0.1) is 0 Å². The SMILES string of the molecule is O=C(NCC(=O)N1CCC(C(=O)Nc2ccccc2)CC1)c1ccc(F)cc1. The molecular weight excluding hydrogens is 361 g/mol. The summed E-state index contributed by atoms with van der Waals surface area (Å²) in [5.41, 5.74) is 1.06. The van der Waals surface area contributed by atoms with Crippen molar-refractivity contribution in [2.24, 2.45) is 5.92 Å². The van der Waals surface area contributed by atoms with Gasteiger partial charge in [-0.05, 0) is 49.2 Å². The molecule has 1 aliphatic heterocycles. The number of carbonyl (C=O) groups excluding carboxylic acids is 3. The van der Waals surface area contributed by atoms with E-state index in [0.717, 1.165) is 5.69 Å². The zero-order valence-electron chi connectivity index (χ0n) is 15.4. The van der Waals surface area contributed by atoms with Crippen LogP contribution in [0.4, 0.5) is 10.1 Å².